The zero-order chi connectivity index (χ0) is 15.4. The highest BCUT2D eigenvalue weighted by Gasteiger charge is 1.94. The summed E-state index contributed by atoms with van der Waals surface area (Å²) < 4.78 is 0. The van der Waals surface area contributed by atoms with Crippen molar-refractivity contribution in [3.05, 3.63) is 0 Å². The molecule has 0 atom stereocenters. The van der Waals surface area contributed by atoms with E-state index in [4.69, 9.17) is 0 Å². The molecule has 0 bridgehead atoms. The Morgan fingerprint density at radius 2 is 0.714 bits per heavy atom. The molecule has 0 nitrogen and oxygen atoms in total. The molecule has 21 heavy (non-hydrogen) atoms. The molecular formula is C20H42S. The van der Waals surface area contributed by atoms with E-state index in [0.717, 1.165) is 0 Å². The Morgan fingerprint density at radius 3 is 1.14 bits per heavy atom. The fourth-order valence-corrected chi connectivity index (χ4v) is 3.85. The van der Waals surface area contributed by atoms with E-state index in [-0.39, 0.29) is 0 Å². The van der Waals surface area contributed by atoms with E-state index >= 15 is 0 Å². The second-order valence-corrected chi connectivity index (χ2v) is 7.79. The van der Waals surface area contributed by atoms with E-state index in [1.165, 1.54) is 114 Å². The van der Waals surface area contributed by atoms with Gasteiger partial charge in [-0.15, -0.1) is 0 Å². The van der Waals surface area contributed by atoms with Crippen molar-refractivity contribution in [3.63, 3.8) is 0 Å². The Bertz CT molecular complexity index is 149. The quantitative estimate of drug-likeness (QED) is 0.231. The minimum absolute atomic E-state index is 1.35. The molecule has 0 aromatic heterocycles. The van der Waals surface area contributed by atoms with Gasteiger partial charge < -0.3 is 0 Å². The third-order valence-corrected chi connectivity index (χ3v) is 5.44. The van der Waals surface area contributed by atoms with Gasteiger partial charge in [-0.25, -0.2) is 0 Å². The largest absolute Gasteiger partial charge is 0.162 e. The molecule has 128 valence electrons. The second-order valence-electron chi connectivity index (χ2n) is 6.56. The first-order valence-corrected chi connectivity index (χ1v) is 11.1. The van der Waals surface area contributed by atoms with Crippen LogP contribution >= 0.6 is 11.8 Å². The van der Waals surface area contributed by atoms with Crippen molar-refractivity contribution < 1.29 is 0 Å². The molecule has 0 saturated carbocycles. The van der Waals surface area contributed by atoms with Crippen molar-refractivity contribution in [2.75, 3.05) is 11.5 Å². The number of hydrogen-bond acceptors (Lipinski definition) is 1. The lowest BCUT2D eigenvalue weighted by Gasteiger charge is -2.03. The van der Waals surface area contributed by atoms with E-state index in [1.54, 1.807) is 0 Å². The Labute approximate surface area is 140 Å². The lowest BCUT2D eigenvalue weighted by Crippen LogP contribution is -1.86. The van der Waals surface area contributed by atoms with Crippen LogP contribution in [0.5, 0.6) is 0 Å². The SMILES string of the molecule is CCCCCCCCCCCCCCCCSCCCC. The molecule has 0 saturated heterocycles. The van der Waals surface area contributed by atoms with Crippen LogP contribution in [-0.4, -0.2) is 11.5 Å². The van der Waals surface area contributed by atoms with Crippen LogP contribution in [0.4, 0.5) is 0 Å². The molecule has 0 aromatic rings. The molecule has 0 rings (SSSR count). The monoisotopic (exact) mass is 314 g/mol. The van der Waals surface area contributed by atoms with Crippen LogP contribution in [0.25, 0.3) is 0 Å². The fraction of sp³-hybridized carbons (Fsp3) is 1.00. The summed E-state index contributed by atoms with van der Waals surface area (Å²) in [5.74, 6) is 2.78. The maximum absolute atomic E-state index is 2.30. The summed E-state index contributed by atoms with van der Waals surface area (Å²) >= 11 is 2.16. The Kier molecular flexibility index (Phi) is 20.7. The van der Waals surface area contributed by atoms with Crippen LogP contribution in [0.1, 0.15) is 117 Å². The minimum Gasteiger partial charge on any atom is -0.162 e. The van der Waals surface area contributed by atoms with E-state index in [2.05, 4.69) is 25.6 Å². The summed E-state index contributed by atoms with van der Waals surface area (Å²) in [7, 11) is 0. The maximum Gasteiger partial charge on any atom is -0.00675 e. The van der Waals surface area contributed by atoms with Gasteiger partial charge in [-0.3, -0.25) is 0 Å². The van der Waals surface area contributed by atoms with E-state index in [1.807, 2.05) is 0 Å². The zero-order valence-electron chi connectivity index (χ0n) is 15.1. The molecule has 0 unspecified atom stereocenters. The molecule has 0 radical (unpaired) electrons. The van der Waals surface area contributed by atoms with Crippen LogP contribution in [0, 0.1) is 0 Å². The molecule has 0 amide bonds. The van der Waals surface area contributed by atoms with Gasteiger partial charge in [-0.1, -0.05) is 104 Å². The van der Waals surface area contributed by atoms with Crippen molar-refractivity contribution in [2.24, 2.45) is 0 Å². The van der Waals surface area contributed by atoms with Crippen molar-refractivity contribution in [2.45, 2.75) is 117 Å². The molecule has 0 aliphatic carbocycles. The van der Waals surface area contributed by atoms with Gasteiger partial charge in [0.1, 0.15) is 0 Å². The highest BCUT2D eigenvalue weighted by molar-refractivity contribution is 7.99. The summed E-state index contributed by atoms with van der Waals surface area (Å²) in [6, 6.07) is 0. The van der Waals surface area contributed by atoms with Gasteiger partial charge in [0.05, 0.1) is 0 Å². The number of hydrogen-bond donors (Lipinski definition) is 0. The first kappa shape index (κ1) is 21.4. The molecule has 0 aliphatic heterocycles. The predicted octanol–water partition coefficient (Wildman–Crippen LogP) is 8.00. The van der Waals surface area contributed by atoms with Gasteiger partial charge in [0.15, 0.2) is 0 Å². The summed E-state index contributed by atoms with van der Waals surface area (Å²) in [4.78, 5) is 0. The van der Waals surface area contributed by atoms with Crippen LogP contribution in [0.3, 0.4) is 0 Å². The number of thioether (sulfide) groups is 1. The van der Waals surface area contributed by atoms with Gasteiger partial charge in [0.25, 0.3) is 0 Å². The minimum atomic E-state index is 1.35. The molecule has 1 heteroatoms. The molecule has 0 fully saturated rings. The van der Waals surface area contributed by atoms with Gasteiger partial charge in [0, 0.05) is 0 Å². The molecule has 0 spiro atoms. The lowest BCUT2D eigenvalue weighted by atomic mass is 10.0. The van der Waals surface area contributed by atoms with Crippen molar-refractivity contribution in [1.82, 2.24) is 0 Å². The second kappa shape index (κ2) is 20.3. The summed E-state index contributed by atoms with van der Waals surface area (Å²) in [5, 5.41) is 0. The van der Waals surface area contributed by atoms with Gasteiger partial charge in [-0.05, 0) is 24.3 Å². The normalized spacial score (nSPS) is 11.1. The Balaban J connectivity index is 2.90. The lowest BCUT2D eigenvalue weighted by molar-refractivity contribution is 0.538. The van der Waals surface area contributed by atoms with Crippen molar-refractivity contribution >= 4 is 11.8 Å². The topological polar surface area (TPSA) is 0 Å². The zero-order valence-corrected chi connectivity index (χ0v) is 16.0. The molecule has 0 heterocycles. The molecule has 0 aliphatic rings. The van der Waals surface area contributed by atoms with Crippen molar-refractivity contribution in [3.8, 4) is 0 Å². The third kappa shape index (κ3) is 20.4. The first-order chi connectivity index (χ1) is 10.4. The van der Waals surface area contributed by atoms with E-state index < -0.39 is 0 Å². The standard InChI is InChI=1S/C20H42S/c1-3-5-7-8-9-10-11-12-13-14-15-16-17-18-20-21-19-6-4-2/h3-20H2,1-2H3. The average molecular weight is 315 g/mol. The third-order valence-electron chi connectivity index (χ3n) is 4.28. The maximum atomic E-state index is 2.30. The summed E-state index contributed by atoms with van der Waals surface area (Å²) in [6.07, 6.45) is 23.3. The summed E-state index contributed by atoms with van der Waals surface area (Å²) in [6.45, 7) is 4.58. The molecular weight excluding hydrogens is 272 g/mol. The van der Waals surface area contributed by atoms with Crippen LogP contribution in [0.2, 0.25) is 0 Å². The Hall–Kier alpha value is 0.350. The van der Waals surface area contributed by atoms with E-state index in [9.17, 15) is 0 Å². The van der Waals surface area contributed by atoms with Crippen LogP contribution in [-0.2, 0) is 0 Å². The summed E-state index contributed by atoms with van der Waals surface area (Å²) in [5.41, 5.74) is 0. The van der Waals surface area contributed by atoms with Crippen LogP contribution in [0.15, 0.2) is 0 Å². The number of rotatable bonds is 18. The number of unbranched alkanes of at least 4 members (excludes halogenated alkanes) is 14. The highest BCUT2D eigenvalue weighted by atomic mass is 32.2. The van der Waals surface area contributed by atoms with Gasteiger partial charge >= 0.3 is 0 Å². The van der Waals surface area contributed by atoms with Gasteiger partial charge in [0.2, 0.25) is 0 Å². The van der Waals surface area contributed by atoms with Crippen LogP contribution < -0.4 is 0 Å². The average Bonchev–Trinajstić information content (AvgIpc) is 2.50. The highest BCUT2D eigenvalue weighted by Crippen LogP contribution is 2.14. The first-order valence-electron chi connectivity index (χ1n) is 9.99. The van der Waals surface area contributed by atoms with Crippen molar-refractivity contribution in [1.29, 1.82) is 0 Å². The predicted molar refractivity (Wildman–Crippen MR) is 103 cm³/mol. The smallest absolute Gasteiger partial charge is 0.00675 e. The van der Waals surface area contributed by atoms with Gasteiger partial charge in [-0.2, -0.15) is 11.8 Å². The molecule has 0 aromatic carbocycles. The fourth-order valence-electron chi connectivity index (χ4n) is 2.75. The van der Waals surface area contributed by atoms with E-state index in [0.29, 0.717) is 0 Å². The molecule has 0 N–H and O–H groups in total. The Morgan fingerprint density at radius 1 is 0.381 bits per heavy atom.